The lowest BCUT2D eigenvalue weighted by molar-refractivity contribution is 0.185. The normalized spacial score (nSPS) is 14.5. The van der Waals surface area contributed by atoms with Crippen molar-refractivity contribution < 1.29 is 9.84 Å². The molecule has 2 N–H and O–H groups in total. The van der Waals surface area contributed by atoms with Crippen molar-refractivity contribution >= 4 is 0 Å². The van der Waals surface area contributed by atoms with E-state index in [0.29, 0.717) is 6.54 Å². The molecule has 0 saturated heterocycles. The van der Waals surface area contributed by atoms with Crippen LogP contribution in [0.15, 0.2) is 24.3 Å². The van der Waals surface area contributed by atoms with Gasteiger partial charge in [-0.2, -0.15) is 0 Å². The van der Waals surface area contributed by atoms with Crippen LogP contribution in [0.25, 0.3) is 0 Å². The first kappa shape index (κ1) is 13.0. The molecule has 2 atom stereocenters. The second-order valence-electron chi connectivity index (χ2n) is 3.96. The second-order valence-corrected chi connectivity index (χ2v) is 3.96. The van der Waals surface area contributed by atoms with Gasteiger partial charge in [0.05, 0.1) is 13.2 Å². The molecule has 1 unspecified atom stereocenters. The SMILES string of the molecule is CCC(NC[C@H](C)O)c1ccccc1OC. The lowest BCUT2D eigenvalue weighted by Gasteiger charge is -2.20. The molecule has 1 aromatic carbocycles. The van der Waals surface area contributed by atoms with Gasteiger partial charge in [0, 0.05) is 18.2 Å². The zero-order valence-electron chi connectivity index (χ0n) is 10.2. The summed E-state index contributed by atoms with van der Waals surface area (Å²) in [4.78, 5) is 0. The molecular formula is C13H21NO2. The van der Waals surface area contributed by atoms with Gasteiger partial charge in [-0.15, -0.1) is 0 Å². The fourth-order valence-corrected chi connectivity index (χ4v) is 1.74. The Kier molecular flexibility index (Phi) is 5.29. The molecule has 3 nitrogen and oxygen atoms in total. The van der Waals surface area contributed by atoms with Crippen LogP contribution >= 0.6 is 0 Å². The topological polar surface area (TPSA) is 41.5 Å². The van der Waals surface area contributed by atoms with Crippen LogP contribution in [0, 0.1) is 0 Å². The highest BCUT2D eigenvalue weighted by Crippen LogP contribution is 2.26. The average Bonchev–Trinajstić information content (AvgIpc) is 2.30. The zero-order valence-corrected chi connectivity index (χ0v) is 10.2. The maximum Gasteiger partial charge on any atom is 0.123 e. The number of nitrogens with one attached hydrogen (secondary N) is 1. The fourth-order valence-electron chi connectivity index (χ4n) is 1.74. The molecule has 0 saturated carbocycles. The number of hydrogen-bond donors (Lipinski definition) is 2. The van der Waals surface area contributed by atoms with Gasteiger partial charge in [-0.3, -0.25) is 0 Å². The fraction of sp³-hybridized carbons (Fsp3) is 0.538. The molecule has 0 radical (unpaired) electrons. The predicted molar refractivity (Wildman–Crippen MR) is 65.7 cm³/mol. The van der Waals surface area contributed by atoms with Crippen molar-refractivity contribution in [3.8, 4) is 5.75 Å². The van der Waals surface area contributed by atoms with Gasteiger partial charge in [0.1, 0.15) is 5.75 Å². The van der Waals surface area contributed by atoms with E-state index in [9.17, 15) is 5.11 Å². The number of aliphatic hydroxyl groups excluding tert-OH is 1. The van der Waals surface area contributed by atoms with Crippen LogP contribution in [0.4, 0.5) is 0 Å². The standard InChI is InChI=1S/C13H21NO2/c1-4-12(14-9-10(2)15)11-7-5-6-8-13(11)16-3/h5-8,10,12,14-15H,4,9H2,1-3H3/t10-,12?/m0/s1. The van der Waals surface area contributed by atoms with Crippen LogP contribution in [-0.4, -0.2) is 24.9 Å². The molecule has 0 amide bonds. The maximum atomic E-state index is 9.28. The van der Waals surface area contributed by atoms with E-state index in [1.54, 1.807) is 14.0 Å². The summed E-state index contributed by atoms with van der Waals surface area (Å²) in [5, 5.41) is 12.6. The van der Waals surface area contributed by atoms with E-state index in [0.717, 1.165) is 17.7 Å². The summed E-state index contributed by atoms with van der Waals surface area (Å²) >= 11 is 0. The van der Waals surface area contributed by atoms with Crippen LogP contribution < -0.4 is 10.1 Å². The number of hydrogen-bond acceptors (Lipinski definition) is 3. The predicted octanol–water partition coefficient (Wildman–Crippen LogP) is 2.12. The number of rotatable bonds is 6. The van der Waals surface area contributed by atoms with Gasteiger partial charge >= 0.3 is 0 Å². The quantitative estimate of drug-likeness (QED) is 0.776. The van der Waals surface area contributed by atoms with Gasteiger partial charge in [-0.1, -0.05) is 25.1 Å². The molecule has 16 heavy (non-hydrogen) atoms. The third-order valence-electron chi connectivity index (χ3n) is 2.58. The van der Waals surface area contributed by atoms with E-state index >= 15 is 0 Å². The minimum absolute atomic E-state index is 0.228. The molecule has 0 bridgehead atoms. The van der Waals surface area contributed by atoms with E-state index in [1.807, 2.05) is 18.2 Å². The van der Waals surface area contributed by atoms with Crippen LogP contribution in [0.3, 0.4) is 0 Å². The summed E-state index contributed by atoms with van der Waals surface area (Å²) in [6.45, 7) is 4.49. The first-order valence-corrected chi connectivity index (χ1v) is 5.73. The second kappa shape index (κ2) is 6.51. The average molecular weight is 223 g/mol. The van der Waals surface area contributed by atoms with Crippen molar-refractivity contribution in [3.05, 3.63) is 29.8 Å². The Balaban J connectivity index is 2.77. The Hall–Kier alpha value is -1.06. The first-order valence-electron chi connectivity index (χ1n) is 5.73. The van der Waals surface area contributed by atoms with Crippen molar-refractivity contribution in [1.82, 2.24) is 5.32 Å². The van der Waals surface area contributed by atoms with Crippen molar-refractivity contribution in [2.75, 3.05) is 13.7 Å². The number of methoxy groups -OCH3 is 1. The molecular weight excluding hydrogens is 202 g/mol. The lowest BCUT2D eigenvalue weighted by atomic mass is 10.0. The van der Waals surface area contributed by atoms with Crippen molar-refractivity contribution in [1.29, 1.82) is 0 Å². The van der Waals surface area contributed by atoms with Crippen molar-refractivity contribution in [3.63, 3.8) is 0 Å². The Morgan fingerprint density at radius 3 is 2.62 bits per heavy atom. The molecule has 0 heterocycles. The summed E-state index contributed by atoms with van der Waals surface area (Å²) < 4.78 is 5.33. The van der Waals surface area contributed by atoms with Gasteiger partial charge in [0.25, 0.3) is 0 Å². The summed E-state index contributed by atoms with van der Waals surface area (Å²) in [7, 11) is 1.68. The highest BCUT2D eigenvalue weighted by atomic mass is 16.5. The maximum absolute atomic E-state index is 9.28. The summed E-state index contributed by atoms with van der Waals surface area (Å²) in [5.41, 5.74) is 1.15. The number of benzene rings is 1. The number of ether oxygens (including phenoxy) is 1. The van der Waals surface area contributed by atoms with Gasteiger partial charge in [-0.25, -0.2) is 0 Å². The Morgan fingerprint density at radius 1 is 1.38 bits per heavy atom. The molecule has 0 aromatic heterocycles. The molecule has 0 spiro atoms. The van der Waals surface area contributed by atoms with E-state index in [4.69, 9.17) is 4.74 Å². The van der Waals surface area contributed by atoms with Gasteiger partial charge in [0.2, 0.25) is 0 Å². The van der Waals surface area contributed by atoms with Gasteiger partial charge in [0.15, 0.2) is 0 Å². The zero-order chi connectivity index (χ0) is 12.0. The number of para-hydroxylation sites is 1. The molecule has 0 fully saturated rings. The summed E-state index contributed by atoms with van der Waals surface area (Å²) in [5.74, 6) is 0.896. The van der Waals surface area contributed by atoms with E-state index in [2.05, 4.69) is 18.3 Å². The van der Waals surface area contributed by atoms with E-state index in [-0.39, 0.29) is 12.1 Å². The van der Waals surface area contributed by atoms with Crippen LogP contribution in [0.1, 0.15) is 31.9 Å². The Bertz CT molecular complexity index is 313. The third kappa shape index (κ3) is 3.51. The number of aliphatic hydroxyl groups is 1. The monoisotopic (exact) mass is 223 g/mol. The molecule has 1 aromatic rings. The Morgan fingerprint density at radius 2 is 2.06 bits per heavy atom. The molecule has 0 aliphatic heterocycles. The van der Waals surface area contributed by atoms with E-state index in [1.165, 1.54) is 0 Å². The lowest BCUT2D eigenvalue weighted by Crippen LogP contribution is -2.28. The minimum Gasteiger partial charge on any atom is -0.496 e. The Labute approximate surface area is 97.4 Å². The van der Waals surface area contributed by atoms with Crippen LogP contribution in [-0.2, 0) is 0 Å². The highest BCUT2D eigenvalue weighted by Gasteiger charge is 2.13. The molecule has 3 heteroatoms. The van der Waals surface area contributed by atoms with Crippen LogP contribution in [0.2, 0.25) is 0 Å². The smallest absolute Gasteiger partial charge is 0.123 e. The largest absolute Gasteiger partial charge is 0.496 e. The third-order valence-corrected chi connectivity index (χ3v) is 2.58. The minimum atomic E-state index is -0.330. The van der Waals surface area contributed by atoms with Gasteiger partial charge in [-0.05, 0) is 19.4 Å². The van der Waals surface area contributed by atoms with Gasteiger partial charge < -0.3 is 15.2 Å². The van der Waals surface area contributed by atoms with E-state index < -0.39 is 0 Å². The highest BCUT2D eigenvalue weighted by molar-refractivity contribution is 5.35. The van der Waals surface area contributed by atoms with Crippen LogP contribution in [0.5, 0.6) is 5.75 Å². The van der Waals surface area contributed by atoms with Crippen molar-refractivity contribution in [2.45, 2.75) is 32.4 Å². The molecule has 1 rings (SSSR count). The summed E-state index contributed by atoms with van der Waals surface area (Å²) in [6, 6.07) is 8.21. The van der Waals surface area contributed by atoms with Crippen molar-refractivity contribution in [2.24, 2.45) is 0 Å². The summed E-state index contributed by atoms with van der Waals surface area (Å²) in [6.07, 6.45) is 0.636. The molecule has 90 valence electrons. The first-order chi connectivity index (χ1) is 7.69. The molecule has 0 aliphatic rings. The molecule has 0 aliphatic carbocycles.